The van der Waals surface area contributed by atoms with Gasteiger partial charge in [0.1, 0.15) is 17.7 Å². The summed E-state index contributed by atoms with van der Waals surface area (Å²) in [6.07, 6.45) is -0.227. The molecule has 0 amide bonds. The van der Waals surface area contributed by atoms with E-state index < -0.39 is 5.60 Å². The highest BCUT2D eigenvalue weighted by Gasteiger charge is 2.40. The summed E-state index contributed by atoms with van der Waals surface area (Å²) in [5.74, 6) is 1.56. The van der Waals surface area contributed by atoms with Gasteiger partial charge >= 0.3 is 0 Å². The summed E-state index contributed by atoms with van der Waals surface area (Å²) in [4.78, 5) is 0. The van der Waals surface area contributed by atoms with Crippen LogP contribution in [0.1, 0.15) is 25.6 Å². The third kappa shape index (κ3) is 3.54. The average molecular weight is 314 g/mol. The second-order valence-corrected chi connectivity index (χ2v) is 6.03. The predicted octanol–water partition coefficient (Wildman–Crippen LogP) is 3.22. The number of hydroxylamine groups is 1. The van der Waals surface area contributed by atoms with Crippen LogP contribution in [0.5, 0.6) is 11.5 Å². The Bertz CT molecular complexity index is 650. The van der Waals surface area contributed by atoms with E-state index in [4.69, 9.17) is 14.7 Å². The molecule has 0 bridgehead atoms. The molecule has 0 spiro atoms. The van der Waals surface area contributed by atoms with Crippen LogP contribution in [0.2, 0.25) is 0 Å². The highest BCUT2D eigenvalue weighted by molar-refractivity contribution is 5.35. The van der Waals surface area contributed by atoms with Gasteiger partial charge in [0.15, 0.2) is 0 Å². The van der Waals surface area contributed by atoms with Gasteiger partial charge in [-0.25, -0.2) is 0 Å². The Morgan fingerprint density at radius 2 is 1.96 bits per heavy atom. The van der Waals surface area contributed by atoms with Crippen molar-refractivity contribution in [2.45, 2.75) is 31.7 Å². The fourth-order valence-corrected chi connectivity index (χ4v) is 2.59. The van der Waals surface area contributed by atoms with E-state index in [1.54, 1.807) is 0 Å². The van der Waals surface area contributed by atoms with E-state index in [9.17, 15) is 0 Å². The van der Waals surface area contributed by atoms with E-state index in [0.717, 1.165) is 17.1 Å². The van der Waals surface area contributed by atoms with E-state index >= 15 is 0 Å². The Morgan fingerprint density at radius 1 is 1.22 bits per heavy atom. The fraction of sp³-hybridized carbons (Fsp3) is 0.333. The number of ether oxygens (including phenoxy) is 2. The number of hydrogen-bond acceptors (Lipinski definition) is 5. The molecule has 0 saturated carbocycles. The van der Waals surface area contributed by atoms with Gasteiger partial charge < -0.3 is 14.7 Å². The maximum atomic E-state index is 9.15. The first-order valence-electron chi connectivity index (χ1n) is 7.74. The standard InChI is InChI=1S/C18H22N2O3/c1-13(20-21)18(2)12-19-17(23-18)14-7-6-10-16(11-14)22-15-8-4-3-5-9-15/h3-11,13,17,19-21H,12H2,1-2H3. The van der Waals surface area contributed by atoms with Gasteiger partial charge in [0.25, 0.3) is 0 Å². The Labute approximate surface area is 136 Å². The molecule has 1 aliphatic heterocycles. The lowest BCUT2D eigenvalue weighted by Gasteiger charge is -2.29. The third-order valence-electron chi connectivity index (χ3n) is 4.27. The van der Waals surface area contributed by atoms with Gasteiger partial charge in [0, 0.05) is 6.54 Å². The monoisotopic (exact) mass is 314 g/mol. The van der Waals surface area contributed by atoms with Crippen LogP contribution in [0, 0.1) is 0 Å². The minimum absolute atomic E-state index is 0.177. The van der Waals surface area contributed by atoms with Gasteiger partial charge in [-0.2, -0.15) is 5.48 Å². The van der Waals surface area contributed by atoms with Gasteiger partial charge in [0.05, 0.1) is 11.6 Å². The molecule has 23 heavy (non-hydrogen) atoms. The molecule has 3 rings (SSSR count). The summed E-state index contributed by atoms with van der Waals surface area (Å²) < 4.78 is 12.0. The average Bonchev–Trinajstić information content (AvgIpc) is 2.99. The molecule has 1 saturated heterocycles. The molecule has 5 heteroatoms. The number of para-hydroxylation sites is 1. The van der Waals surface area contributed by atoms with Gasteiger partial charge in [0.2, 0.25) is 0 Å². The molecule has 3 unspecified atom stereocenters. The summed E-state index contributed by atoms with van der Waals surface area (Å²) >= 11 is 0. The van der Waals surface area contributed by atoms with E-state index in [1.165, 1.54) is 0 Å². The lowest BCUT2D eigenvalue weighted by atomic mass is 9.99. The van der Waals surface area contributed by atoms with Crippen molar-refractivity contribution in [3.05, 3.63) is 60.2 Å². The Balaban J connectivity index is 1.73. The minimum atomic E-state index is -0.476. The minimum Gasteiger partial charge on any atom is -0.457 e. The van der Waals surface area contributed by atoms with Crippen LogP contribution in [0.15, 0.2) is 54.6 Å². The lowest BCUT2D eigenvalue weighted by Crippen LogP contribution is -2.48. The number of benzene rings is 2. The smallest absolute Gasteiger partial charge is 0.135 e. The van der Waals surface area contributed by atoms with Crippen LogP contribution in [0.3, 0.4) is 0 Å². The first-order valence-corrected chi connectivity index (χ1v) is 7.74. The molecular weight excluding hydrogens is 292 g/mol. The van der Waals surface area contributed by atoms with E-state index in [1.807, 2.05) is 68.4 Å². The molecule has 2 aromatic rings. The predicted molar refractivity (Wildman–Crippen MR) is 87.6 cm³/mol. The van der Waals surface area contributed by atoms with Crippen molar-refractivity contribution in [2.75, 3.05) is 6.54 Å². The van der Waals surface area contributed by atoms with Gasteiger partial charge in [-0.3, -0.25) is 5.32 Å². The van der Waals surface area contributed by atoms with E-state index in [0.29, 0.717) is 6.54 Å². The summed E-state index contributed by atoms with van der Waals surface area (Å²) in [5, 5.41) is 12.5. The molecule has 1 aliphatic rings. The maximum absolute atomic E-state index is 9.15. The molecule has 5 nitrogen and oxygen atoms in total. The van der Waals surface area contributed by atoms with Gasteiger partial charge in [-0.05, 0) is 43.7 Å². The zero-order valence-electron chi connectivity index (χ0n) is 13.3. The molecule has 1 heterocycles. The molecule has 0 aromatic heterocycles. The highest BCUT2D eigenvalue weighted by Crippen LogP contribution is 2.32. The van der Waals surface area contributed by atoms with Crippen molar-refractivity contribution in [3.8, 4) is 11.5 Å². The van der Waals surface area contributed by atoms with Crippen LogP contribution < -0.4 is 15.5 Å². The Morgan fingerprint density at radius 3 is 2.70 bits per heavy atom. The van der Waals surface area contributed by atoms with Crippen LogP contribution >= 0.6 is 0 Å². The van der Waals surface area contributed by atoms with Crippen LogP contribution in [0.4, 0.5) is 0 Å². The molecule has 2 aromatic carbocycles. The maximum Gasteiger partial charge on any atom is 0.135 e. The van der Waals surface area contributed by atoms with Crippen molar-refractivity contribution in [3.63, 3.8) is 0 Å². The van der Waals surface area contributed by atoms with E-state index in [2.05, 4.69) is 10.8 Å². The summed E-state index contributed by atoms with van der Waals surface area (Å²) in [6.45, 7) is 4.51. The van der Waals surface area contributed by atoms with Crippen molar-refractivity contribution < 1.29 is 14.7 Å². The van der Waals surface area contributed by atoms with Crippen molar-refractivity contribution in [1.29, 1.82) is 0 Å². The van der Waals surface area contributed by atoms with E-state index in [-0.39, 0.29) is 12.3 Å². The number of rotatable bonds is 5. The molecule has 122 valence electrons. The van der Waals surface area contributed by atoms with Crippen LogP contribution in [0.25, 0.3) is 0 Å². The molecule has 3 N–H and O–H groups in total. The second-order valence-electron chi connectivity index (χ2n) is 6.03. The molecular formula is C18H22N2O3. The molecule has 3 atom stereocenters. The fourth-order valence-electron chi connectivity index (χ4n) is 2.59. The highest BCUT2D eigenvalue weighted by atomic mass is 16.5. The van der Waals surface area contributed by atoms with Crippen molar-refractivity contribution in [1.82, 2.24) is 10.8 Å². The van der Waals surface area contributed by atoms with Crippen molar-refractivity contribution in [2.24, 2.45) is 0 Å². The van der Waals surface area contributed by atoms with Gasteiger partial charge in [-0.1, -0.05) is 30.3 Å². The summed E-state index contributed by atoms with van der Waals surface area (Å²) in [5.41, 5.74) is 2.79. The Kier molecular flexibility index (Phi) is 4.63. The summed E-state index contributed by atoms with van der Waals surface area (Å²) in [6, 6.07) is 17.3. The summed E-state index contributed by atoms with van der Waals surface area (Å²) in [7, 11) is 0. The zero-order valence-corrected chi connectivity index (χ0v) is 13.3. The topological polar surface area (TPSA) is 62.8 Å². The molecule has 1 fully saturated rings. The van der Waals surface area contributed by atoms with Gasteiger partial charge in [-0.15, -0.1) is 0 Å². The third-order valence-corrected chi connectivity index (χ3v) is 4.27. The zero-order chi connectivity index (χ0) is 16.3. The van der Waals surface area contributed by atoms with Crippen LogP contribution in [-0.2, 0) is 4.74 Å². The second kappa shape index (κ2) is 6.68. The van der Waals surface area contributed by atoms with Crippen LogP contribution in [-0.4, -0.2) is 23.4 Å². The first-order chi connectivity index (χ1) is 11.1. The van der Waals surface area contributed by atoms with Crippen molar-refractivity contribution >= 4 is 0 Å². The largest absolute Gasteiger partial charge is 0.457 e. The SMILES string of the molecule is CC(NO)C1(C)CNC(c2cccc(Oc3ccccc3)c2)O1. The lowest BCUT2D eigenvalue weighted by molar-refractivity contribution is -0.0726. The normalized spacial score (nSPS) is 25.3. The first kappa shape index (κ1) is 16.0. The number of hydrogen-bond donors (Lipinski definition) is 3. The Hall–Kier alpha value is -1.92. The number of nitrogens with one attached hydrogen (secondary N) is 2. The molecule has 0 radical (unpaired) electrons. The quantitative estimate of drug-likeness (QED) is 0.740. The molecule has 0 aliphatic carbocycles.